The largest absolute Gasteiger partial charge is 0.396 e. The van der Waals surface area contributed by atoms with Crippen molar-refractivity contribution in [2.45, 2.75) is 19.4 Å². The van der Waals surface area contributed by atoms with Crippen LogP contribution < -0.4 is 16.4 Å². The maximum Gasteiger partial charge on any atom is 0.317 e. The van der Waals surface area contributed by atoms with Crippen LogP contribution in [0.25, 0.3) is 10.4 Å². The number of rotatable bonds is 8. The number of primary amides is 1. The molecule has 4 rings (SSSR count). The van der Waals surface area contributed by atoms with Crippen molar-refractivity contribution in [3.05, 3.63) is 64.9 Å². The third kappa shape index (κ3) is 4.85. The Morgan fingerprint density at radius 2 is 2.06 bits per heavy atom. The summed E-state index contributed by atoms with van der Waals surface area (Å²) in [4.78, 5) is 30.1. The van der Waals surface area contributed by atoms with E-state index in [0.29, 0.717) is 36.7 Å². The Bertz CT molecular complexity index is 1230. The van der Waals surface area contributed by atoms with E-state index in [1.807, 2.05) is 0 Å². The number of hydrogen-bond acceptors (Lipinski definition) is 6. The lowest BCUT2D eigenvalue weighted by Crippen LogP contribution is -2.27. The second-order valence-electron chi connectivity index (χ2n) is 7.95. The number of thiophene rings is 1. The Hall–Kier alpha value is -3.57. The Labute approximate surface area is 198 Å². The predicted octanol–water partition coefficient (Wildman–Crippen LogP) is 3.55. The Kier molecular flexibility index (Phi) is 6.75. The quantitative estimate of drug-likeness (QED) is 0.387. The van der Waals surface area contributed by atoms with E-state index in [4.69, 9.17) is 5.73 Å². The normalized spacial score (nSPS) is 14.2. The first-order chi connectivity index (χ1) is 16.3. The standard InChI is InChI=1S/C23H23F2N5O3S/c1-12(11-31)13-7-16(24)20(17(25)8-13)18-9-15(21(26)32)22(34-18)29-19-4-2-3-14(28-19)10-30-6-5-27-23(30)33/h2-4,7-9,12,31H,5-6,10-11H2,1H3,(H2,26,32)(H,27,33)(H,28,29). The molecule has 1 aromatic carbocycles. The number of halogens is 2. The predicted molar refractivity (Wildman–Crippen MR) is 125 cm³/mol. The number of nitrogens with zero attached hydrogens (tertiary/aromatic N) is 2. The van der Waals surface area contributed by atoms with Crippen molar-refractivity contribution in [3.63, 3.8) is 0 Å². The molecule has 1 atom stereocenters. The molecule has 1 unspecified atom stereocenters. The van der Waals surface area contributed by atoms with Crippen molar-refractivity contribution in [2.75, 3.05) is 25.0 Å². The van der Waals surface area contributed by atoms with Crippen LogP contribution in [-0.4, -0.2) is 46.6 Å². The molecule has 178 valence electrons. The van der Waals surface area contributed by atoms with E-state index in [1.54, 1.807) is 30.0 Å². The molecule has 3 heterocycles. The number of aromatic nitrogens is 1. The number of aliphatic hydroxyl groups excluding tert-OH is 1. The van der Waals surface area contributed by atoms with E-state index in [1.165, 1.54) is 18.2 Å². The highest BCUT2D eigenvalue weighted by Gasteiger charge is 2.23. The fourth-order valence-electron chi connectivity index (χ4n) is 3.62. The van der Waals surface area contributed by atoms with Gasteiger partial charge in [0.2, 0.25) is 0 Å². The monoisotopic (exact) mass is 487 g/mol. The lowest BCUT2D eigenvalue weighted by molar-refractivity contribution is 0.100. The van der Waals surface area contributed by atoms with Gasteiger partial charge in [-0.15, -0.1) is 11.3 Å². The summed E-state index contributed by atoms with van der Waals surface area (Å²) in [6.07, 6.45) is 0. The first-order valence-electron chi connectivity index (χ1n) is 10.6. The van der Waals surface area contributed by atoms with Gasteiger partial charge in [-0.2, -0.15) is 0 Å². The summed E-state index contributed by atoms with van der Waals surface area (Å²) in [5.41, 5.74) is 6.26. The number of carbonyl (C=O) groups is 2. The van der Waals surface area contributed by atoms with E-state index in [9.17, 15) is 23.5 Å². The smallest absolute Gasteiger partial charge is 0.317 e. The van der Waals surface area contributed by atoms with Gasteiger partial charge in [0.25, 0.3) is 5.91 Å². The van der Waals surface area contributed by atoms with E-state index in [2.05, 4.69) is 15.6 Å². The summed E-state index contributed by atoms with van der Waals surface area (Å²) in [7, 11) is 0. The van der Waals surface area contributed by atoms with Gasteiger partial charge in [0.15, 0.2) is 0 Å². The summed E-state index contributed by atoms with van der Waals surface area (Å²) < 4.78 is 29.7. The van der Waals surface area contributed by atoms with Gasteiger partial charge in [0.1, 0.15) is 22.5 Å². The Balaban J connectivity index is 1.64. The summed E-state index contributed by atoms with van der Waals surface area (Å²) in [6.45, 7) is 2.87. The number of carbonyl (C=O) groups excluding carboxylic acids is 2. The van der Waals surface area contributed by atoms with Crippen molar-refractivity contribution in [1.29, 1.82) is 0 Å². The fourth-order valence-corrected chi connectivity index (χ4v) is 4.74. The maximum absolute atomic E-state index is 14.8. The molecule has 5 N–H and O–H groups in total. The number of nitrogens with two attached hydrogens (primary N) is 1. The van der Waals surface area contributed by atoms with Crippen LogP contribution in [0.3, 0.4) is 0 Å². The second-order valence-corrected chi connectivity index (χ2v) is 9.01. The molecule has 1 aliphatic rings. The number of pyridine rings is 1. The molecule has 11 heteroatoms. The van der Waals surface area contributed by atoms with Gasteiger partial charge in [0.05, 0.1) is 23.4 Å². The van der Waals surface area contributed by atoms with Crippen LogP contribution >= 0.6 is 11.3 Å². The van der Waals surface area contributed by atoms with E-state index in [-0.39, 0.29) is 33.6 Å². The minimum absolute atomic E-state index is 0.0673. The van der Waals surface area contributed by atoms with E-state index < -0.39 is 23.5 Å². The van der Waals surface area contributed by atoms with Gasteiger partial charge in [-0.3, -0.25) is 4.79 Å². The molecular weight excluding hydrogens is 464 g/mol. The van der Waals surface area contributed by atoms with Gasteiger partial charge in [0, 0.05) is 30.5 Å². The van der Waals surface area contributed by atoms with Crippen molar-refractivity contribution in [2.24, 2.45) is 5.73 Å². The molecular formula is C23H23F2N5O3S. The molecule has 34 heavy (non-hydrogen) atoms. The molecule has 1 saturated heterocycles. The van der Waals surface area contributed by atoms with Crippen LogP contribution in [0.5, 0.6) is 0 Å². The van der Waals surface area contributed by atoms with Crippen molar-refractivity contribution in [3.8, 4) is 10.4 Å². The molecule has 0 aliphatic carbocycles. The van der Waals surface area contributed by atoms with E-state index in [0.717, 1.165) is 11.3 Å². The van der Waals surface area contributed by atoms with Gasteiger partial charge in [-0.1, -0.05) is 13.0 Å². The first-order valence-corrected chi connectivity index (χ1v) is 11.4. The highest BCUT2D eigenvalue weighted by Crippen LogP contribution is 2.39. The van der Waals surface area contributed by atoms with Crippen LogP contribution in [-0.2, 0) is 6.54 Å². The maximum atomic E-state index is 14.8. The molecule has 3 amide bonds. The zero-order chi connectivity index (χ0) is 24.4. The molecule has 0 spiro atoms. The number of nitrogens with one attached hydrogen (secondary N) is 2. The average Bonchev–Trinajstić information content (AvgIpc) is 3.39. The van der Waals surface area contributed by atoms with Crippen LogP contribution in [0.4, 0.5) is 24.4 Å². The van der Waals surface area contributed by atoms with Crippen LogP contribution in [0.2, 0.25) is 0 Å². The zero-order valence-electron chi connectivity index (χ0n) is 18.3. The fraction of sp³-hybridized carbons (Fsp3) is 0.261. The zero-order valence-corrected chi connectivity index (χ0v) is 19.1. The van der Waals surface area contributed by atoms with Gasteiger partial charge >= 0.3 is 6.03 Å². The summed E-state index contributed by atoms with van der Waals surface area (Å²) in [6, 6.07) is 8.71. The number of benzene rings is 1. The topological polar surface area (TPSA) is 121 Å². The van der Waals surface area contributed by atoms with Gasteiger partial charge in [-0.25, -0.2) is 18.6 Å². The van der Waals surface area contributed by atoms with E-state index >= 15 is 0 Å². The SMILES string of the molecule is CC(CO)c1cc(F)c(-c2cc(C(N)=O)c(Nc3cccc(CN4CCNC4=O)n3)s2)c(F)c1. The average molecular weight is 488 g/mol. The molecule has 0 saturated carbocycles. The Morgan fingerprint density at radius 1 is 1.32 bits per heavy atom. The van der Waals surface area contributed by atoms with Gasteiger partial charge in [-0.05, 0) is 35.9 Å². The highest BCUT2D eigenvalue weighted by atomic mass is 32.1. The molecule has 1 aliphatic heterocycles. The van der Waals surface area contributed by atoms with Crippen molar-refractivity contribution < 1.29 is 23.5 Å². The number of hydrogen-bond donors (Lipinski definition) is 4. The highest BCUT2D eigenvalue weighted by molar-refractivity contribution is 7.20. The molecule has 8 nitrogen and oxygen atoms in total. The third-order valence-electron chi connectivity index (χ3n) is 5.50. The number of aliphatic hydroxyl groups is 1. The van der Waals surface area contributed by atoms with Crippen molar-refractivity contribution in [1.82, 2.24) is 15.2 Å². The molecule has 2 aromatic heterocycles. The summed E-state index contributed by atoms with van der Waals surface area (Å²) in [5, 5.41) is 15.3. The first kappa shape index (κ1) is 23.6. The van der Waals surface area contributed by atoms with Crippen LogP contribution in [0.15, 0.2) is 36.4 Å². The molecule has 0 radical (unpaired) electrons. The number of urea groups is 1. The van der Waals surface area contributed by atoms with Gasteiger partial charge < -0.3 is 26.4 Å². The molecule has 3 aromatic rings. The summed E-state index contributed by atoms with van der Waals surface area (Å²) in [5.74, 6) is -2.40. The van der Waals surface area contributed by atoms with Crippen LogP contribution in [0, 0.1) is 11.6 Å². The summed E-state index contributed by atoms with van der Waals surface area (Å²) >= 11 is 0.967. The Morgan fingerprint density at radius 3 is 2.68 bits per heavy atom. The lowest BCUT2D eigenvalue weighted by atomic mass is 9.99. The third-order valence-corrected chi connectivity index (χ3v) is 6.57. The minimum Gasteiger partial charge on any atom is -0.396 e. The lowest BCUT2D eigenvalue weighted by Gasteiger charge is -2.14. The number of amides is 3. The molecule has 1 fully saturated rings. The number of anilines is 2. The second kappa shape index (κ2) is 9.74. The molecule has 0 bridgehead atoms. The minimum atomic E-state index is -0.803. The van der Waals surface area contributed by atoms with Crippen LogP contribution in [0.1, 0.15) is 34.5 Å². The van der Waals surface area contributed by atoms with Crippen molar-refractivity contribution >= 4 is 34.1 Å².